The quantitative estimate of drug-likeness (QED) is 0.403. The third-order valence-corrected chi connectivity index (χ3v) is 10.2. The van der Waals surface area contributed by atoms with Gasteiger partial charge in [0, 0.05) is 30.2 Å². The van der Waals surface area contributed by atoms with Crippen molar-refractivity contribution in [2.24, 2.45) is 23.2 Å². The van der Waals surface area contributed by atoms with Crippen LogP contribution in [0.1, 0.15) is 63.0 Å². The molecule has 5 fully saturated rings. The van der Waals surface area contributed by atoms with E-state index in [4.69, 9.17) is 16.6 Å². The van der Waals surface area contributed by atoms with Crippen LogP contribution < -0.4 is 16.0 Å². The first kappa shape index (κ1) is 25.9. The Hall–Kier alpha value is -2.40. The Bertz CT molecular complexity index is 1160. The molecule has 4 bridgehead atoms. The first-order valence-electron chi connectivity index (χ1n) is 14.5. The molecular weight excluding hydrogens is 494 g/mol. The molecule has 4 aliphatic carbocycles. The largest absolute Gasteiger partial charge is 0.368 e. The Morgan fingerprint density at radius 1 is 1.11 bits per heavy atom. The van der Waals surface area contributed by atoms with Crippen LogP contribution in [0.3, 0.4) is 0 Å². The van der Waals surface area contributed by atoms with Gasteiger partial charge < -0.3 is 20.9 Å². The summed E-state index contributed by atoms with van der Waals surface area (Å²) in [6, 6.07) is 11.4. The number of piperidine rings is 1. The summed E-state index contributed by atoms with van der Waals surface area (Å²) in [5.74, 6) is 3.55. The van der Waals surface area contributed by atoms with Crippen LogP contribution in [0.2, 0.25) is 5.02 Å². The summed E-state index contributed by atoms with van der Waals surface area (Å²) >= 11 is 6.30. The van der Waals surface area contributed by atoms with Gasteiger partial charge in [-0.25, -0.2) is 4.98 Å². The Balaban J connectivity index is 1.09. The van der Waals surface area contributed by atoms with Crippen LogP contribution in [-0.4, -0.2) is 53.1 Å². The van der Waals surface area contributed by atoms with E-state index in [1.165, 1.54) is 64.6 Å². The normalized spacial score (nSPS) is 30.8. The number of nitriles is 1. The van der Waals surface area contributed by atoms with E-state index in [1.54, 1.807) is 6.20 Å². The van der Waals surface area contributed by atoms with Crippen molar-refractivity contribution in [1.82, 2.24) is 20.2 Å². The molecule has 7 nitrogen and oxygen atoms in total. The van der Waals surface area contributed by atoms with E-state index in [1.807, 2.05) is 24.3 Å². The fourth-order valence-electron chi connectivity index (χ4n) is 8.14. The lowest BCUT2D eigenvalue weighted by Crippen LogP contribution is -2.61. The molecule has 202 valence electrons. The maximum Gasteiger partial charge on any atom is 0.224 e. The van der Waals surface area contributed by atoms with Gasteiger partial charge in [0.25, 0.3) is 0 Å². The number of hydrogen-bond donors (Lipinski definition) is 3. The first-order chi connectivity index (χ1) is 18.5. The summed E-state index contributed by atoms with van der Waals surface area (Å²) in [7, 11) is 0. The van der Waals surface area contributed by atoms with Gasteiger partial charge in [-0.3, -0.25) is 0 Å². The van der Waals surface area contributed by atoms with Gasteiger partial charge in [0.2, 0.25) is 5.95 Å². The van der Waals surface area contributed by atoms with Crippen molar-refractivity contribution in [3.63, 3.8) is 0 Å². The van der Waals surface area contributed by atoms with Gasteiger partial charge >= 0.3 is 0 Å². The minimum atomic E-state index is 0.309. The number of likely N-dealkylation sites (tertiary alicyclic amines) is 1. The van der Waals surface area contributed by atoms with Crippen molar-refractivity contribution in [2.75, 3.05) is 36.8 Å². The summed E-state index contributed by atoms with van der Waals surface area (Å²) in [6.07, 6.45) is 10.8. The molecule has 5 aliphatic rings. The lowest BCUT2D eigenvalue weighted by atomic mass is 9.48. The molecule has 1 aliphatic heterocycles. The fourth-order valence-corrected chi connectivity index (χ4v) is 8.34. The van der Waals surface area contributed by atoms with Crippen molar-refractivity contribution in [2.45, 2.75) is 70.5 Å². The summed E-state index contributed by atoms with van der Waals surface area (Å²) in [4.78, 5) is 11.6. The minimum absolute atomic E-state index is 0.309. The summed E-state index contributed by atoms with van der Waals surface area (Å²) in [5, 5.41) is 21.5. The van der Waals surface area contributed by atoms with Gasteiger partial charge in [-0.05, 0) is 99.4 Å². The molecule has 1 unspecified atom stereocenters. The Morgan fingerprint density at radius 2 is 1.87 bits per heavy atom. The highest BCUT2D eigenvalue weighted by Gasteiger charge is 2.55. The van der Waals surface area contributed by atoms with E-state index in [-0.39, 0.29) is 0 Å². The number of aromatic nitrogens is 2. The Labute approximate surface area is 231 Å². The lowest BCUT2D eigenvalue weighted by Gasteiger charge is -2.61. The summed E-state index contributed by atoms with van der Waals surface area (Å²) in [5.41, 5.74) is 1.79. The average Bonchev–Trinajstić information content (AvgIpc) is 2.93. The van der Waals surface area contributed by atoms with Crippen LogP contribution in [0.5, 0.6) is 0 Å². The fraction of sp³-hybridized carbons (Fsp3) is 0.633. The zero-order valence-corrected chi connectivity index (χ0v) is 23.2. The predicted octanol–water partition coefficient (Wildman–Crippen LogP) is 5.29. The highest BCUT2D eigenvalue weighted by atomic mass is 35.5. The highest BCUT2D eigenvalue weighted by molar-refractivity contribution is 6.31. The van der Waals surface area contributed by atoms with Crippen molar-refractivity contribution in [3.8, 4) is 6.07 Å². The second-order valence-corrected chi connectivity index (χ2v) is 12.6. The molecule has 2 aromatic rings. The van der Waals surface area contributed by atoms with Crippen molar-refractivity contribution in [1.29, 1.82) is 5.26 Å². The van der Waals surface area contributed by atoms with Crippen molar-refractivity contribution < 1.29 is 0 Å². The first-order valence-corrected chi connectivity index (χ1v) is 14.9. The average molecular weight is 534 g/mol. The van der Waals surface area contributed by atoms with Gasteiger partial charge in [0.1, 0.15) is 17.5 Å². The van der Waals surface area contributed by atoms with Crippen LogP contribution in [0.4, 0.5) is 11.8 Å². The van der Waals surface area contributed by atoms with Crippen LogP contribution >= 0.6 is 11.6 Å². The number of benzene rings is 1. The summed E-state index contributed by atoms with van der Waals surface area (Å²) in [6.45, 7) is 7.35. The maximum absolute atomic E-state index is 9.72. The maximum atomic E-state index is 9.72. The molecule has 2 heterocycles. The monoisotopic (exact) mass is 533 g/mol. The molecule has 38 heavy (non-hydrogen) atoms. The van der Waals surface area contributed by atoms with Crippen molar-refractivity contribution >= 4 is 23.4 Å². The molecule has 1 aromatic carbocycles. The van der Waals surface area contributed by atoms with Crippen molar-refractivity contribution in [3.05, 3.63) is 46.6 Å². The standard InChI is InChI=1S/C30H40ClN7/c1-2-38-9-7-25(8-10-38)36-27-22-11-20-12-23(27)15-30(13-20,14-22)19-35-28-24(16-32)18-34-29(37-28)33-17-21-5-3-4-6-26(21)31/h3-6,18,20,22-23,25,27,36H,2,7-15,17,19H2,1H3,(H2,33,34,35,37)/t20?,22-,23+,27-,30-. The number of rotatable bonds is 9. The van der Waals surface area contributed by atoms with Gasteiger partial charge in [-0.1, -0.05) is 36.7 Å². The molecule has 1 aromatic heterocycles. The van der Waals surface area contributed by atoms with Gasteiger partial charge in [-0.2, -0.15) is 10.2 Å². The summed E-state index contributed by atoms with van der Waals surface area (Å²) < 4.78 is 0. The van der Waals surface area contributed by atoms with Gasteiger partial charge in [-0.15, -0.1) is 0 Å². The topological polar surface area (TPSA) is 88.9 Å². The zero-order chi connectivity index (χ0) is 26.1. The highest BCUT2D eigenvalue weighted by Crippen LogP contribution is 2.60. The number of nitrogens with one attached hydrogen (secondary N) is 3. The van der Waals surface area contributed by atoms with Crippen LogP contribution in [0.15, 0.2) is 30.5 Å². The number of anilines is 2. The number of halogens is 1. The lowest BCUT2D eigenvalue weighted by molar-refractivity contribution is -0.0734. The minimum Gasteiger partial charge on any atom is -0.368 e. The SMILES string of the molecule is CCN1CCC(N[C@@H]2[C@@H]3CC4C[C@H]2C[C@@](CNc2nc(NCc5ccccc5Cl)ncc2C#N)(C4)C3)CC1. The Kier molecular flexibility index (Phi) is 7.48. The molecule has 0 spiro atoms. The molecule has 4 saturated carbocycles. The molecule has 8 heteroatoms. The zero-order valence-electron chi connectivity index (χ0n) is 22.4. The second kappa shape index (κ2) is 11.0. The molecule has 5 atom stereocenters. The smallest absolute Gasteiger partial charge is 0.224 e. The predicted molar refractivity (Wildman–Crippen MR) is 152 cm³/mol. The van der Waals surface area contributed by atoms with Crippen LogP contribution in [-0.2, 0) is 6.54 Å². The second-order valence-electron chi connectivity index (χ2n) is 12.2. The molecular formula is C30H40ClN7. The van der Waals surface area contributed by atoms with E-state index in [2.05, 4.69) is 38.8 Å². The third-order valence-electron chi connectivity index (χ3n) is 9.80. The van der Waals surface area contributed by atoms with E-state index >= 15 is 0 Å². The van der Waals surface area contributed by atoms with Crippen LogP contribution in [0, 0.1) is 34.5 Å². The third kappa shape index (κ3) is 5.36. The van der Waals surface area contributed by atoms with Gasteiger partial charge in [0.05, 0.1) is 6.20 Å². The van der Waals surface area contributed by atoms with Crippen LogP contribution in [0.25, 0.3) is 0 Å². The number of nitrogens with zero attached hydrogens (tertiary/aromatic N) is 4. The molecule has 0 amide bonds. The van der Waals surface area contributed by atoms with E-state index in [0.29, 0.717) is 46.4 Å². The molecule has 1 saturated heterocycles. The van der Waals surface area contributed by atoms with E-state index in [9.17, 15) is 5.26 Å². The van der Waals surface area contributed by atoms with E-state index < -0.39 is 0 Å². The number of hydrogen-bond acceptors (Lipinski definition) is 7. The molecule has 3 N–H and O–H groups in total. The Morgan fingerprint density at radius 3 is 2.58 bits per heavy atom. The van der Waals surface area contributed by atoms with Gasteiger partial charge in [0.15, 0.2) is 0 Å². The molecule has 0 radical (unpaired) electrons. The molecule has 7 rings (SSSR count). The van der Waals surface area contributed by atoms with E-state index in [0.717, 1.165) is 29.9 Å².